The molecule has 0 saturated carbocycles. The van der Waals surface area contributed by atoms with Crippen LogP contribution in [0.1, 0.15) is 16.7 Å². The molecule has 0 unspecified atom stereocenters. The van der Waals surface area contributed by atoms with E-state index < -0.39 is 0 Å². The Morgan fingerprint density at radius 1 is 0.812 bits per heavy atom. The maximum Gasteiger partial charge on any atom is 0.119 e. The SMILES string of the molecule is Cl.N#C/C(=C(/c1ccccc1)c1ccc(OCCN2CCOCC2)cc1)c1ccccc1. The summed E-state index contributed by atoms with van der Waals surface area (Å²) in [6.45, 7) is 5.06. The number of allylic oxidation sites excluding steroid dienone is 1. The molecule has 0 N–H and O–H groups in total. The molecule has 3 aromatic carbocycles. The molecule has 0 radical (unpaired) electrons. The lowest BCUT2D eigenvalue weighted by Crippen LogP contribution is -2.38. The summed E-state index contributed by atoms with van der Waals surface area (Å²) >= 11 is 0. The molecule has 0 spiro atoms. The number of nitrogens with zero attached hydrogens (tertiary/aromatic N) is 2. The predicted molar refractivity (Wildman–Crippen MR) is 131 cm³/mol. The lowest BCUT2D eigenvalue weighted by molar-refractivity contribution is 0.0322. The molecule has 32 heavy (non-hydrogen) atoms. The van der Waals surface area contributed by atoms with Gasteiger partial charge in [-0.05, 0) is 28.8 Å². The second-order valence-electron chi connectivity index (χ2n) is 7.42. The lowest BCUT2D eigenvalue weighted by Gasteiger charge is -2.26. The van der Waals surface area contributed by atoms with Gasteiger partial charge in [-0.1, -0.05) is 72.8 Å². The Labute approximate surface area is 196 Å². The largest absolute Gasteiger partial charge is 0.492 e. The van der Waals surface area contributed by atoms with E-state index in [-0.39, 0.29) is 12.4 Å². The van der Waals surface area contributed by atoms with Crippen molar-refractivity contribution in [1.29, 1.82) is 5.26 Å². The van der Waals surface area contributed by atoms with E-state index in [9.17, 15) is 5.26 Å². The summed E-state index contributed by atoms with van der Waals surface area (Å²) in [5.74, 6) is 0.836. The van der Waals surface area contributed by atoms with E-state index in [4.69, 9.17) is 9.47 Å². The number of ether oxygens (including phenoxy) is 2. The van der Waals surface area contributed by atoms with Crippen LogP contribution in [0.2, 0.25) is 0 Å². The van der Waals surface area contributed by atoms with E-state index in [1.54, 1.807) is 0 Å². The Morgan fingerprint density at radius 3 is 1.97 bits per heavy atom. The van der Waals surface area contributed by atoms with Gasteiger partial charge in [0.1, 0.15) is 18.4 Å². The molecule has 4 nitrogen and oxygen atoms in total. The summed E-state index contributed by atoms with van der Waals surface area (Å²) in [5.41, 5.74) is 4.51. The fourth-order valence-corrected chi connectivity index (χ4v) is 3.76. The molecule has 1 heterocycles. The maximum absolute atomic E-state index is 10.0. The molecule has 0 aliphatic carbocycles. The third-order valence-corrected chi connectivity index (χ3v) is 5.41. The van der Waals surface area contributed by atoms with Gasteiger partial charge >= 0.3 is 0 Å². The molecule has 0 amide bonds. The van der Waals surface area contributed by atoms with Crippen LogP contribution in [0, 0.1) is 11.3 Å². The van der Waals surface area contributed by atoms with Crippen LogP contribution in [-0.4, -0.2) is 44.4 Å². The Balaban J connectivity index is 0.00000289. The van der Waals surface area contributed by atoms with E-state index >= 15 is 0 Å². The topological polar surface area (TPSA) is 45.5 Å². The van der Waals surface area contributed by atoms with Gasteiger partial charge in [0.25, 0.3) is 0 Å². The number of nitriles is 1. The first-order valence-corrected chi connectivity index (χ1v) is 10.6. The number of halogens is 1. The van der Waals surface area contributed by atoms with Gasteiger partial charge in [0.05, 0.1) is 18.8 Å². The van der Waals surface area contributed by atoms with E-state index in [1.807, 2.05) is 84.9 Å². The van der Waals surface area contributed by atoms with E-state index in [1.165, 1.54) is 0 Å². The van der Waals surface area contributed by atoms with Crippen molar-refractivity contribution in [2.45, 2.75) is 0 Å². The molecule has 0 aromatic heterocycles. The van der Waals surface area contributed by atoms with Gasteiger partial charge in [0, 0.05) is 25.2 Å². The van der Waals surface area contributed by atoms with Crippen molar-refractivity contribution < 1.29 is 9.47 Å². The van der Waals surface area contributed by atoms with Gasteiger partial charge in [-0.25, -0.2) is 0 Å². The number of hydrogen-bond acceptors (Lipinski definition) is 4. The quantitative estimate of drug-likeness (QED) is 0.365. The van der Waals surface area contributed by atoms with Gasteiger partial charge in [-0.3, -0.25) is 4.90 Å². The van der Waals surface area contributed by atoms with Crippen LogP contribution in [0.25, 0.3) is 11.1 Å². The van der Waals surface area contributed by atoms with Crippen molar-refractivity contribution in [3.8, 4) is 11.8 Å². The minimum atomic E-state index is 0. The summed E-state index contributed by atoms with van der Waals surface area (Å²) in [6.07, 6.45) is 0. The fourth-order valence-electron chi connectivity index (χ4n) is 3.76. The Kier molecular flexibility index (Phi) is 8.89. The second kappa shape index (κ2) is 12.1. The van der Waals surface area contributed by atoms with Crippen molar-refractivity contribution >= 4 is 23.6 Å². The second-order valence-corrected chi connectivity index (χ2v) is 7.42. The van der Waals surface area contributed by atoms with Crippen molar-refractivity contribution in [2.24, 2.45) is 0 Å². The Morgan fingerprint density at radius 2 is 1.38 bits per heavy atom. The molecule has 4 rings (SSSR count). The molecule has 164 valence electrons. The molecule has 5 heteroatoms. The highest BCUT2D eigenvalue weighted by molar-refractivity contribution is 6.03. The van der Waals surface area contributed by atoms with Crippen LogP contribution in [0.5, 0.6) is 5.75 Å². The molecular weight excluding hydrogens is 420 g/mol. The van der Waals surface area contributed by atoms with Crippen LogP contribution in [0.4, 0.5) is 0 Å². The average molecular weight is 447 g/mol. The van der Waals surface area contributed by atoms with Gasteiger partial charge in [0.15, 0.2) is 0 Å². The van der Waals surface area contributed by atoms with Crippen LogP contribution < -0.4 is 4.74 Å². The Hall–Kier alpha value is -3.10. The van der Waals surface area contributed by atoms with Crippen molar-refractivity contribution in [1.82, 2.24) is 4.90 Å². The van der Waals surface area contributed by atoms with Gasteiger partial charge in [-0.15, -0.1) is 12.4 Å². The molecule has 0 atom stereocenters. The van der Waals surface area contributed by atoms with Gasteiger partial charge in [0.2, 0.25) is 0 Å². The van der Waals surface area contributed by atoms with Crippen LogP contribution in [-0.2, 0) is 4.74 Å². The highest BCUT2D eigenvalue weighted by atomic mass is 35.5. The van der Waals surface area contributed by atoms with Crippen molar-refractivity contribution in [2.75, 3.05) is 39.5 Å². The van der Waals surface area contributed by atoms with Gasteiger partial charge < -0.3 is 9.47 Å². The number of morpholine rings is 1. The summed E-state index contributed by atoms with van der Waals surface area (Å²) in [6, 6.07) is 30.4. The predicted octanol–water partition coefficient (Wildman–Crippen LogP) is 5.30. The molecule has 1 aliphatic heterocycles. The third kappa shape index (κ3) is 5.99. The highest BCUT2D eigenvalue weighted by Gasteiger charge is 2.14. The van der Waals surface area contributed by atoms with Gasteiger partial charge in [-0.2, -0.15) is 5.26 Å². The first kappa shape index (κ1) is 23.6. The lowest BCUT2D eigenvalue weighted by atomic mass is 9.90. The maximum atomic E-state index is 10.0. The molecular formula is C27H27ClN2O2. The summed E-state index contributed by atoms with van der Waals surface area (Å²) in [5, 5.41) is 10.0. The van der Waals surface area contributed by atoms with E-state index in [2.05, 4.69) is 11.0 Å². The molecule has 1 aliphatic rings. The van der Waals surface area contributed by atoms with Crippen molar-refractivity contribution in [3.05, 3.63) is 102 Å². The molecule has 1 fully saturated rings. The summed E-state index contributed by atoms with van der Waals surface area (Å²) < 4.78 is 11.3. The summed E-state index contributed by atoms with van der Waals surface area (Å²) in [7, 11) is 0. The molecule has 1 saturated heterocycles. The standard InChI is InChI=1S/C27H26N2O2.ClH/c28-21-26(22-7-3-1-4-8-22)27(23-9-5-2-6-10-23)24-11-13-25(14-12-24)31-20-17-29-15-18-30-19-16-29;/h1-14H,15-20H2;1H/b27-26+;. The number of rotatable bonds is 7. The number of benzene rings is 3. The van der Waals surface area contributed by atoms with Crippen LogP contribution in [0.15, 0.2) is 84.9 Å². The average Bonchev–Trinajstić information content (AvgIpc) is 2.85. The Bertz CT molecular complexity index is 1040. The minimum absolute atomic E-state index is 0. The first-order valence-electron chi connectivity index (χ1n) is 10.6. The van der Waals surface area contributed by atoms with E-state index in [0.717, 1.165) is 60.9 Å². The van der Waals surface area contributed by atoms with Crippen molar-refractivity contribution in [3.63, 3.8) is 0 Å². The smallest absolute Gasteiger partial charge is 0.119 e. The highest BCUT2D eigenvalue weighted by Crippen LogP contribution is 2.32. The fraction of sp³-hybridized carbons (Fsp3) is 0.222. The zero-order valence-electron chi connectivity index (χ0n) is 17.9. The normalized spacial score (nSPS) is 14.6. The molecule has 3 aromatic rings. The number of hydrogen-bond donors (Lipinski definition) is 0. The van der Waals surface area contributed by atoms with E-state index in [0.29, 0.717) is 12.2 Å². The monoisotopic (exact) mass is 446 g/mol. The third-order valence-electron chi connectivity index (χ3n) is 5.41. The van der Waals surface area contributed by atoms with Crippen LogP contribution in [0.3, 0.4) is 0 Å². The molecule has 0 bridgehead atoms. The van der Waals surface area contributed by atoms with Crippen LogP contribution >= 0.6 is 12.4 Å². The zero-order chi connectivity index (χ0) is 21.3. The minimum Gasteiger partial charge on any atom is -0.492 e. The zero-order valence-corrected chi connectivity index (χ0v) is 18.8. The summed E-state index contributed by atoms with van der Waals surface area (Å²) in [4.78, 5) is 2.35. The first-order chi connectivity index (χ1) is 15.3.